The summed E-state index contributed by atoms with van der Waals surface area (Å²) >= 11 is 0. The first-order valence-corrected chi connectivity index (χ1v) is 4.51. The van der Waals surface area contributed by atoms with Gasteiger partial charge in [-0.1, -0.05) is 0 Å². The molecule has 0 aliphatic carbocycles. The number of ether oxygens (including phenoxy) is 3. The van der Waals surface area contributed by atoms with Crippen LogP contribution in [0, 0.1) is 0 Å². The summed E-state index contributed by atoms with van der Waals surface area (Å²) in [5, 5.41) is 9.18. The number of hydrogen-bond donors (Lipinski definition) is 1. The van der Waals surface area contributed by atoms with E-state index in [0.29, 0.717) is 19.8 Å². The highest BCUT2D eigenvalue weighted by molar-refractivity contribution is 4.57. The maximum absolute atomic E-state index is 9.18. The molecular formula is C9H20O4. The van der Waals surface area contributed by atoms with Gasteiger partial charge in [0.2, 0.25) is 0 Å². The van der Waals surface area contributed by atoms with Crippen LogP contribution in [0.3, 0.4) is 0 Å². The van der Waals surface area contributed by atoms with Crippen LogP contribution in [0.15, 0.2) is 0 Å². The first-order chi connectivity index (χ1) is 5.95. The monoisotopic (exact) mass is 192 g/mol. The average Bonchev–Trinajstić information content (AvgIpc) is 1.94. The van der Waals surface area contributed by atoms with E-state index >= 15 is 0 Å². The Morgan fingerprint density at radius 3 is 2.31 bits per heavy atom. The van der Waals surface area contributed by atoms with Crippen molar-refractivity contribution in [3.63, 3.8) is 0 Å². The van der Waals surface area contributed by atoms with Crippen molar-refractivity contribution in [2.45, 2.75) is 39.8 Å². The molecule has 0 amide bonds. The maximum Gasteiger partial charge on any atom is 0.269 e. The average molecular weight is 192 g/mol. The van der Waals surface area contributed by atoms with Crippen LogP contribution in [0.2, 0.25) is 0 Å². The van der Waals surface area contributed by atoms with Gasteiger partial charge < -0.3 is 19.3 Å². The van der Waals surface area contributed by atoms with Crippen molar-refractivity contribution in [1.29, 1.82) is 0 Å². The zero-order valence-electron chi connectivity index (χ0n) is 8.87. The van der Waals surface area contributed by atoms with Crippen molar-refractivity contribution in [1.82, 2.24) is 0 Å². The Bertz CT molecular complexity index is 119. The van der Waals surface area contributed by atoms with E-state index in [1.165, 1.54) is 0 Å². The van der Waals surface area contributed by atoms with Crippen LogP contribution in [-0.2, 0) is 14.2 Å². The molecule has 80 valence electrons. The molecule has 0 saturated heterocycles. The van der Waals surface area contributed by atoms with E-state index in [1.54, 1.807) is 0 Å². The van der Waals surface area contributed by atoms with Crippen LogP contribution in [0.25, 0.3) is 0 Å². The summed E-state index contributed by atoms with van der Waals surface area (Å²) in [6.45, 7) is 7.75. The van der Waals surface area contributed by atoms with Crippen LogP contribution < -0.4 is 0 Å². The second kappa shape index (κ2) is 6.32. The highest BCUT2D eigenvalue weighted by atomic mass is 16.8. The Hall–Kier alpha value is -0.160. The predicted octanol–water partition coefficient (Wildman–Crippen LogP) is 1.13. The van der Waals surface area contributed by atoms with Gasteiger partial charge in [-0.05, 0) is 27.7 Å². The lowest BCUT2D eigenvalue weighted by molar-refractivity contribution is -0.300. The van der Waals surface area contributed by atoms with Gasteiger partial charge in [-0.25, -0.2) is 0 Å². The fourth-order valence-electron chi connectivity index (χ4n) is 0.689. The first kappa shape index (κ1) is 12.8. The maximum atomic E-state index is 9.18. The summed E-state index contributed by atoms with van der Waals surface area (Å²) in [7, 11) is 0. The molecule has 1 atom stereocenters. The molecule has 0 heterocycles. The van der Waals surface area contributed by atoms with E-state index in [2.05, 4.69) is 0 Å². The minimum absolute atomic E-state index is 0.338. The second-order valence-corrected chi connectivity index (χ2v) is 3.60. The molecule has 0 aromatic rings. The molecule has 0 fully saturated rings. The molecule has 0 aromatic heterocycles. The van der Waals surface area contributed by atoms with Crippen molar-refractivity contribution in [3.8, 4) is 0 Å². The summed E-state index contributed by atoms with van der Waals surface area (Å²) in [5.74, 6) is 0. The normalized spacial score (nSPS) is 14.5. The third-order valence-electron chi connectivity index (χ3n) is 1.15. The first-order valence-electron chi connectivity index (χ1n) is 4.51. The Labute approximate surface area is 79.8 Å². The van der Waals surface area contributed by atoms with E-state index < -0.39 is 12.1 Å². The van der Waals surface area contributed by atoms with E-state index in [4.69, 9.17) is 14.2 Å². The summed E-state index contributed by atoms with van der Waals surface area (Å²) in [6.07, 6.45) is 0. The van der Waals surface area contributed by atoms with Gasteiger partial charge in [-0.3, -0.25) is 0 Å². The van der Waals surface area contributed by atoms with Crippen molar-refractivity contribution >= 4 is 0 Å². The quantitative estimate of drug-likeness (QED) is 0.506. The molecule has 0 aliphatic heterocycles. The van der Waals surface area contributed by atoms with Crippen molar-refractivity contribution in [2.24, 2.45) is 0 Å². The molecule has 0 spiro atoms. The van der Waals surface area contributed by atoms with Crippen molar-refractivity contribution in [2.75, 3.05) is 19.8 Å². The summed E-state index contributed by atoms with van der Waals surface area (Å²) in [5.41, 5.74) is -0.398. The van der Waals surface area contributed by atoms with Gasteiger partial charge in [-0.2, -0.15) is 0 Å². The van der Waals surface area contributed by atoms with Gasteiger partial charge in [0, 0.05) is 6.61 Å². The number of rotatable bonds is 6. The van der Waals surface area contributed by atoms with Gasteiger partial charge >= 0.3 is 0 Å². The van der Waals surface area contributed by atoms with Crippen LogP contribution >= 0.6 is 0 Å². The molecule has 1 unspecified atom stereocenters. The number of aliphatic hydroxyl groups excluding tert-OH is 1. The fourth-order valence-corrected chi connectivity index (χ4v) is 0.689. The Kier molecular flexibility index (Phi) is 6.24. The third kappa shape index (κ3) is 9.76. The molecular weight excluding hydrogens is 172 g/mol. The van der Waals surface area contributed by atoms with Gasteiger partial charge in [0.05, 0.1) is 18.8 Å². The third-order valence-corrected chi connectivity index (χ3v) is 1.15. The molecule has 0 aliphatic rings. The fraction of sp³-hybridized carbons (Fsp3) is 1.00. The van der Waals surface area contributed by atoms with Crippen LogP contribution in [0.4, 0.5) is 0 Å². The molecule has 4 nitrogen and oxygen atoms in total. The minimum Gasteiger partial charge on any atom is -0.379 e. The summed E-state index contributed by atoms with van der Waals surface area (Å²) < 4.78 is 15.0. The minimum atomic E-state index is -1.17. The standard InChI is InChI=1S/C9H20O4/c1-5-11-6-7-12-8(10)13-9(2,3)4/h8,10H,5-7H2,1-4H3. The molecule has 0 aromatic carbocycles. The Balaban J connectivity index is 3.35. The van der Waals surface area contributed by atoms with Gasteiger partial charge in [0.1, 0.15) is 0 Å². The molecule has 13 heavy (non-hydrogen) atoms. The molecule has 4 heteroatoms. The van der Waals surface area contributed by atoms with E-state index in [1.807, 2.05) is 27.7 Å². The van der Waals surface area contributed by atoms with E-state index in [0.717, 1.165) is 0 Å². The number of aliphatic hydroxyl groups is 1. The van der Waals surface area contributed by atoms with Crippen LogP contribution in [0.1, 0.15) is 27.7 Å². The van der Waals surface area contributed by atoms with Crippen LogP contribution in [0.5, 0.6) is 0 Å². The zero-order chi connectivity index (χ0) is 10.3. The lowest BCUT2D eigenvalue weighted by Gasteiger charge is -2.23. The lowest BCUT2D eigenvalue weighted by atomic mass is 10.2. The smallest absolute Gasteiger partial charge is 0.269 e. The highest BCUT2D eigenvalue weighted by Gasteiger charge is 2.16. The van der Waals surface area contributed by atoms with Crippen LogP contribution in [-0.4, -0.2) is 37.0 Å². The van der Waals surface area contributed by atoms with E-state index in [-0.39, 0.29) is 0 Å². The predicted molar refractivity (Wildman–Crippen MR) is 49.3 cm³/mol. The van der Waals surface area contributed by atoms with Gasteiger partial charge in [0.25, 0.3) is 6.48 Å². The van der Waals surface area contributed by atoms with Crippen molar-refractivity contribution < 1.29 is 19.3 Å². The number of hydrogen-bond acceptors (Lipinski definition) is 4. The zero-order valence-corrected chi connectivity index (χ0v) is 8.87. The molecule has 0 bridgehead atoms. The topological polar surface area (TPSA) is 47.9 Å². The molecule has 1 N–H and O–H groups in total. The molecule has 0 saturated carbocycles. The van der Waals surface area contributed by atoms with E-state index in [9.17, 15) is 5.11 Å². The Morgan fingerprint density at radius 2 is 1.85 bits per heavy atom. The van der Waals surface area contributed by atoms with Crippen molar-refractivity contribution in [3.05, 3.63) is 0 Å². The second-order valence-electron chi connectivity index (χ2n) is 3.60. The highest BCUT2D eigenvalue weighted by Crippen LogP contribution is 2.09. The Morgan fingerprint density at radius 1 is 1.23 bits per heavy atom. The molecule has 0 radical (unpaired) electrons. The van der Waals surface area contributed by atoms with Gasteiger partial charge in [0.15, 0.2) is 0 Å². The lowest BCUT2D eigenvalue weighted by Crippen LogP contribution is -2.30. The molecule has 0 rings (SSSR count). The SMILES string of the molecule is CCOCCOC(O)OC(C)(C)C. The largest absolute Gasteiger partial charge is 0.379 e. The summed E-state index contributed by atoms with van der Waals surface area (Å²) in [4.78, 5) is 0. The van der Waals surface area contributed by atoms with Gasteiger partial charge in [-0.15, -0.1) is 0 Å². The summed E-state index contributed by atoms with van der Waals surface area (Å²) in [6, 6.07) is 0.